The summed E-state index contributed by atoms with van der Waals surface area (Å²) in [7, 11) is 0. The first-order valence-corrected chi connectivity index (χ1v) is 10.2. The number of nitrogens with zero attached hydrogens (tertiary/aromatic N) is 3. The van der Waals surface area contributed by atoms with Crippen molar-refractivity contribution in [3.8, 4) is 17.1 Å². The number of benzene rings is 2. The molecule has 2 heterocycles. The van der Waals surface area contributed by atoms with Crippen LogP contribution in [0.4, 0.5) is 5.69 Å². The Morgan fingerprint density at radius 2 is 1.93 bits per heavy atom. The fourth-order valence-electron chi connectivity index (χ4n) is 3.55. The Kier molecular flexibility index (Phi) is 5.60. The fraction of sp³-hybridized carbons (Fsp3) is 0.348. The van der Waals surface area contributed by atoms with Gasteiger partial charge in [-0.25, -0.2) is 0 Å². The number of aryl methyl sites for hydroxylation is 2. The summed E-state index contributed by atoms with van der Waals surface area (Å²) in [5.74, 6) is 2.40. The molecule has 1 unspecified atom stereocenters. The van der Waals surface area contributed by atoms with Crippen LogP contribution < -0.4 is 10.1 Å². The normalized spacial score (nSPS) is 14.6. The summed E-state index contributed by atoms with van der Waals surface area (Å²) >= 11 is 0. The minimum Gasteiger partial charge on any atom is -0.481 e. The molecule has 6 heteroatoms. The summed E-state index contributed by atoms with van der Waals surface area (Å²) in [5, 5.41) is 11.7. The molecule has 1 aromatic heterocycles. The summed E-state index contributed by atoms with van der Waals surface area (Å²) in [5.41, 5.74) is 2.83. The van der Waals surface area contributed by atoms with Gasteiger partial charge in [0, 0.05) is 24.2 Å². The Labute approximate surface area is 170 Å². The third-order valence-corrected chi connectivity index (χ3v) is 5.20. The molecule has 1 aliphatic heterocycles. The molecule has 1 amide bonds. The van der Waals surface area contributed by atoms with E-state index in [0.29, 0.717) is 5.75 Å². The maximum absolute atomic E-state index is 12.6. The van der Waals surface area contributed by atoms with Gasteiger partial charge < -0.3 is 14.6 Å². The van der Waals surface area contributed by atoms with Crippen molar-refractivity contribution in [2.75, 3.05) is 5.32 Å². The molecule has 1 N–H and O–H groups in total. The zero-order valence-corrected chi connectivity index (χ0v) is 16.9. The first-order chi connectivity index (χ1) is 14.1. The van der Waals surface area contributed by atoms with E-state index in [1.165, 1.54) is 6.42 Å². The van der Waals surface area contributed by atoms with Gasteiger partial charge in [0.2, 0.25) is 0 Å². The standard InChI is InChI=1S/C23H26N4O2/c1-16-10-12-20(13-11-16)29-17(2)23(28)24-19-8-6-7-18(15-19)22-26-25-21-9-4-3-5-14-27(21)22/h6-8,10-13,15,17H,3-5,9,14H2,1-2H3,(H,24,28). The maximum Gasteiger partial charge on any atom is 0.265 e. The van der Waals surface area contributed by atoms with E-state index >= 15 is 0 Å². The van der Waals surface area contributed by atoms with Crippen LogP contribution in [-0.2, 0) is 17.8 Å². The molecule has 0 fully saturated rings. The first-order valence-electron chi connectivity index (χ1n) is 10.2. The number of nitrogens with one attached hydrogen (secondary N) is 1. The number of carbonyl (C=O) groups excluding carboxylic acids is 1. The van der Waals surface area contributed by atoms with E-state index in [4.69, 9.17) is 4.74 Å². The molecule has 150 valence electrons. The monoisotopic (exact) mass is 390 g/mol. The number of carbonyl (C=O) groups is 1. The van der Waals surface area contributed by atoms with Gasteiger partial charge in [-0.05, 0) is 51.0 Å². The van der Waals surface area contributed by atoms with Crippen LogP contribution in [0.2, 0.25) is 0 Å². The van der Waals surface area contributed by atoms with Crippen LogP contribution >= 0.6 is 0 Å². The third-order valence-electron chi connectivity index (χ3n) is 5.20. The van der Waals surface area contributed by atoms with Crippen molar-refractivity contribution in [1.29, 1.82) is 0 Å². The molecular weight excluding hydrogens is 364 g/mol. The van der Waals surface area contributed by atoms with E-state index in [9.17, 15) is 4.79 Å². The molecule has 6 nitrogen and oxygen atoms in total. The minimum atomic E-state index is -0.606. The van der Waals surface area contributed by atoms with Gasteiger partial charge in [-0.3, -0.25) is 4.79 Å². The lowest BCUT2D eigenvalue weighted by Gasteiger charge is -2.15. The molecule has 1 atom stereocenters. The lowest BCUT2D eigenvalue weighted by atomic mass is 10.1. The van der Waals surface area contributed by atoms with Gasteiger partial charge in [0.05, 0.1) is 0 Å². The topological polar surface area (TPSA) is 69.0 Å². The smallest absolute Gasteiger partial charge is 0.265 e. The van der Waals surface area contributed by atoms with Crippen LogP contribution in [0.15, 0.2) is 48.5 Å². The SMILES string of the molecule is Cc1ccc(OC(C)C(=O)Nc2cccc(-c3nnc4n3CCCCC4)c2)cc1. The predicted molar refractivity (Wildman–Crippen MR) is 113 cm³/mol. The number of ether oxygens (including phenoxy) is 1. The largest absolute Gasteiger partial charge is 0.481 e. The zero-order valence-electron chi connectivity index (χ0n) is 16.9. The van der Waals surface area contributed by atoms with Gasteiger partial charge in [-0.1, -0.05) is 36.2 Å². The van der Waals surface area contributed by atoms with E-state index in [0.717, 1.165) is 54.3 Å². The Balaban J connectivity index is 1.47. The molecule has 4 rings (SSSR count). The van der Waals surface area contributed by atoms with E-state index in [1.54, 1.807) is 6.92 Å². The Morgan fingerprint density at radius 1 is 1.10 bits per heavy atom. The van der Waals surface area contributed by atoms with Crippen LogP contribution in [0.3, 0.4) is 0 Å². The highest BCUT2D eigenvalue weighted by Gasteiger charge is 2.18. The number of hydrogen-bond donors (Lipinski definition) is 1. The first kappa shape index (κ1) is 19.2. The van der Waals surface area contributed by atoms with Crippen molar-refractivity contribution in [2.24, 2.45) is 0 Å². The molecule has 0 radical (unpaired) electrons. The lowest BCUT2D eigenvalue weighted by Crippen LogP contribution is -2.30. The molecular formula is C23H26N4O2. The molecule has 1 aliphatic rings. The van der Waals surface area contributed by atoms with E-state index in [-0.39, 0.29) is 5.91 Å². The van der Waals surface area contributed by atoms with Crippen LogP contribution in [0.5, 0.6) is 5.75 Å². The summed E-state index contributed by atoms with van der Waals surface area (Å²) < 4.78 is 7.96. The molecule has 0 saturated carbocycles. The summed E-state index contributed by atoms with van der Waals surface area (Å²) in [6, 6.07) is 15.4. The predicted octanol–water partition coefficient (Wildman–Crippen LogP) is 4.39. The molecule has 0 aliphatic carbocycles. The van der Waals surface area contributed by atoms with E-state index in [2.05, 4.69) is 20.1 Å². The number of amides is 1. The Hall–Kier alpha value is -3.15. The van der Waals surface area contributed by atoms with Gasteiger partial charge in [0.1, 0.15) is 11.6 Å². The average molecular weight is 390 g/mol. The van der Waals surface area contributed by atoms with Gasteiger partial charge in [0.25, 0.3) is 5.91 Å². The Morgan fingerprint density at radius 3 is 2.76 bits per heavy atom. The number of rotatable bonds is 5. The van der Waals surface area contributed by atoms with Crippen molar-refractivity contribution in [3.05, 3.63) is 59.9 Å². The van der Waals surface area contributed by atoms with Crippen molar-refractivity contribution in [2.45, 2.75) is 52.2 Å². The summed E-state index contributed by atoms with van der Waals surface area (Å²) in [4.78, 5) is 12.6. The summed E-state index contributed by atoms with van der Waals surface area (Å²) in [6.45, 7) is 4.70. The summed E-state index contributed by atoms with van der Waals surface area (Å²) in [6.07, 6.45) is 3.88. The number of aromatic nitrogens is 3. The Bertz CT molecular complexity index is 994. The lowest BCUT2D eigenvalue weighted by molar-refractivity contribution is -0.122. The maximum atomic E-state index is 12.6. The van der Waals surface area contributed by atoms with E-state index < -0.39 is 6.10 Å². The molecule has 0 bridgehead atoms. The number of hydrogen-bond acceptors (Lipinski definition) is 4. The van der Waals surface area contributed by atoms with Gasteiger partial charge in [-0.15, -0.1) is 10.2 Å². The van der Waals surface area contributed by atoms with Gasteiger partial charge in [0.15, 0.2) is 11.9 Å². The van der Waals surface area contributed by atoms with Crippen molar-refractivity contribution >= 4 is 11.6 Å². The quantitative estimate of drug-likeness (QED) is 0.702. The van der Waals surface area contributed by atoms with Crippen LogP contribution in [0, 0.1) is 6.92 Å². The molecule has 3 aromatic rings. The second-order valence-electron chi connectivity index (χ2n) is 7.55. The van der Waals surface area contributed by atoms with Gasteiger partial charge >= 0.3 is 0 Å². The van der Waals surface area contributed by atoms with E-state index in [1.807, 2.05) is 55.5 Å². The van der Waals surface area contributed by atoms with Gasteiger partial charge in [-0.2, -0.15) is 0 Å². The molecule has 2 aromatic carbocycles. The molecule has 0 saturated heterocycles. The fourth-order valence-corrected chi connectivity index (χ4v) is 3.55. The number of fused-ring (bicyclic) bond motifs is 1. The zero-order chi connectivity index (χ0) is 20.2. The second-order valence-corrected chi connectivity index (χ2v) is 7.55. The average Bonchev–Trinajstić information content (AvgIpc) is 2.98. The van der Waals surface area contributed by atoms with Crippen molar-refractivity contribution in [3.63, 3.8) is 0 Å². The van der Waals surface area contributed by atoms with Crippen LogP contribution in [0.25, 0.3) is 11.4 Å². The second kappa shape index (κ2) is 8.47. The highest BCUT2D eigenvalue weighted by molar-refractivity contribution is 5.94. The highest BCUT2D eigenvalue weighted by Crippen LogP contribution is 2.25. The van der Waals surface area contributed by atoms with Crippen LogP contribution in [0.1, 0.15) is 37.6 Å². The van der Waals surface area contributed by atoms with Crippen LogP contribution in [-0.4, -0.2) is 26.8 Å². The molecule has 29 heavy (non-hydrogen) atoms. The van der Waals surface area contributed by atoms with Crippen molar-refractivity contribution in [1.82, 2.24) is 14.8 Å². The molecule has 0 spiro atoms. The minimum absolute atomic E-state index is 0.192. The number of anilines is 1. The van der Waals surface area contributed by atoms with Crippen molar-refractivity contribution < 1.29 is 9.53 Å². The highest BCUT2D eigenvalue weighted by atomic mass is 16.5. The third kappa shape index (κ3) is 4.47.